The average molecular weight is 319 g/mol. The third-order valence-corrected chi connectivity index (χ3v) is 3.02. The normalized spacial score (nSPS) is 10.6. The molecule has 0 radical (unpaired) electrons. The smallest absolute Gasteiger partial charge is 0.271 e. The van der Waals surface area contributed by atoms with Crippen molar-refractivity contribution in [3.63, 3.8) is 0 Å². The van der Waals surface area contributed by atoms with Gasteiger partial charge in [0.15, 0.2) is 0 Å². The lowest BCUT2D eigenvalue weighted by molar-refractivity contribution is 0.0955. The number of hydrogen-bond acceptors (Lipinski definition) is 3. The van der Waals surface area contributed by atoms with Crippen LogP contribution < -0.4 is 5.43 Å². The van der Waals surface area contributed by atoms with Gasteiger partial charge in [0.1, 0.15) is 5.75 Å². The van der Waals surface area contributed by atoms with E-state index in [1.165, 1.54) is 6.21 Å². The Kier molecular flexibility index (Phi) is 4.30. The fourth-order valence-electron chi connectivity index (χ4n) is 1.42. The van der Waals surface area contributed by atoms with Crippen LogP contribution in [0.3, 0.4) is 0 Å². The van der Waals surface area contributed by atoms with Crippen LogP contribution in [0.2, 0.25) is 0 Å². The highest BCUT2D eigenvalue weighted by Crippen LogP contribution is 2.23. The summed E-state index contributed by atoms with van der Waals surface area (Å²) in [6, 6.07) is 13.8. The molecule has 5 heteroatoms. The number of benzene rings is 2. The van der Waals surface area contributed by atoms with Crippen LogP contribution in [0.5, 0.6) is 5.75 Å². The van der Waals surface area contributed by atoms with E-state index in [1.54, 1.807) is 42.5 Å². The first-order valence-corrected chi connectivity index (χ1v) is 6.33. The largest absolute Gasteiger partial charge is 0.507 e. The summed E-state index contributed by atoms with van der Waals surface area (Å²) in [5, 5.41) is 13.2. The molecule has 96 valence electrons. The second kappa shape index (κ2) is 6.15. The minimum atomic E-state index is -0.269. The van der Waals surface area contributed by atoms with Gasteiger partial charge in [0.2, 0.25) is 0 Å². The van der Waals surface area contributed by atoms with Gasteiger partial charge < -0.3 is 5.11 Å². The molecule has 0 aliphatic heterocycles. The topological polar surface area (TPSA) is 61.7 Å². The summed E-state index contributed by atoms with van der Waals surface area (Å²) < 4.78 is 0.575. The monoisotopic (exact) mass is 318 g/mol. The van der Waals surface area contributed by atoms with Gasteiger partial charge in [-0.1, -0.05) is 18.2 Å². The summed E-state index contributed by atoms with van der Waals surface area (Å²) in [5.74, 6) is -0.111. The zero-order chi connectivity index (χ0) is 13.7. The summed E-state index contributed by atoms with van der Waals surface area (Å²) in [7, 11) is 0. The van der Waals surface area contributed by atoms with E-state index < -0.39 is 0 Å². The van der Waals surface area contributed by atoms with Crippen LogP contribution in [0, 0.1) is 0 Å². The van der Waals surface area contributed by atoms with Crippen LogP contribution in [0.4, 0.5) is 0 Å². The summed E-state index contributed by atoms with van der Waals surface area (Å²) in [5.41, 5.74) is 3.74. The van der Waals surface area contributed by atoms with E-state index in [0.717, 1.165) is 5.56 Å². The highest BCUT2D eigenvalue weighted by atomic mass is 79.9. The van der Waals surface area contributed by atoms with Crippen LogP contribution in [-0.2, 0) is 0 Å². The van der Waals surface area contributed by atoms with E-state index in [1.807, 2.05) is 6.07 Å². The summed E-state index contributed by atoms with van der Waals surface area (Å²) in [4.78, 5) is 11.7. The molecule has 0 unspecified atom stereocenters. The maximum Gasteiger partial charge on any atom is 0.271 e. The third-order valence-electron chi connectivity index (χ3n) is 2.39. The molecule has 2 N–H and O–H groups in total. The highest BCUT2D eigenvalue weighted by Gasteiger charge is 2.02. The second-order valence-electron chi connectivity index (χ2n) is 3.78. The predicted molar refractivity (Wildman–Crippen MR) is 77.3 cm³/mol. The maximum absolute atomic E-state index is 11.7. The lowest BCUT2D eigenvalue weighted by atomic mass is 10.2. The van der Waals surface area contributed by atoms with Crippen LogP contribution in [0.1, 0.15) is 15.9 Å². The number of phenolic OH excluding ortho intramolecular Hbond substituents is 1. The van der Waals surface area contributed by atoms with Crippen molar-refractivity contribution in [1.29, 1.82) is 0 Å². The number of carbonyl (C=O) groups excluding carboxylic acids is 1. The molecule has 0 saturated carbocycles. The number of hydrogen-bond donors (Lipinski definition) is 2. The van der Waals surface area contributed by atoms with E-state index in [9.17, 15) is 9.90 Å². The van der Waals surface area contributed by atoms with E-state index in [-0.39, 0.29) is 11.7 Å². The van der Waals surface area contributed by atoms with E-state index >= 15 is 0 Å². The van der Waals surface area contributed by atoms with E-state index in [4.69, 9.17) is 0 Å². The van der Waals surface area contributed by atoms with Crippen molar-refractivity contribution in [1.82, 2.24) is 5.43 Å². The van der Waals surface area contributed by atoms with Gasteiger partial charge in [-0.25, -0.2) is 5.43 Å². The van der Waals surface area contributed by atoms with Crippen molar-refractivity contribution < 1.29 is 9.90 Å². The second-order valence-corrected chi connectivity index (χ2v) is 4.63. The van der Waals surface area contributed by atoms with Crippen LogP contribution in [-0.4, -0.2) is 17.2 Å². The number of hydrazone groups is 1. The van der Waals surface area contributed by atoms with Gasteiger partial charge >= 0.3 is 0 Å². The number of aromatic hydroxyl groups is 1. The fraction of sp³-hybridized carbons (Fsp3) is 0. The predicted octanol–water partition coefficient (Wildman–Crippen LogP) is 2.92. The molecular formula is C14H11BrN2O2. The number of rotatable bonds is 3. The van der Waals surface area contributed by atoms with Crippen LogP contribution in [0.25, 0.3) is 0 Å². The number of amides is 1. The van der Waals surface area contributed by atoms with Gasteiger partial charge in [-0.05, 0) is 51.8 Å². The average Bonchev–Trinajstić information content (AvgIpc) is 2.43. The Morgan fingerprint density at radius 2 is 1.95 bits per heavy atom. The van der Waals surface area contributed by atoms with E-state index in [0.29, 0.717) is 10.0 Å². The van der Waals surface area contributed by atoms with Gasteiger partial charge in [-0.2, -0.15) is 5.10 Å². The molecule has 19 heavy (non-hydrogen) atoms. The number of halogens is 1. The first-order chi connectivity index (χ1) is 9.16. The quantitative estimate of drug-likeness (QED) is 0.675. The van der Waals surface area contributed by atoms with Gasteiger partial charge in [0, 0.05) is 5.56 Å². The molecule has 4 nitrogen and oxygen atoms in total. The molecule has 0 heterocycles. The molecule has 2 aromatic carbocycles. The third kappa shape index (κ3) is 3.66. The van der Waals surface area contributed by atoms with Crippen LogP contribution >= 0.6 is 15.9 Å². The van der Waals surface area contributed by atoms with Gasteiger partial charge in [0.05, 0.1) is 10.7 Å². The summed E-state index contributed by atoms with van der Waals surface area (Å²) >= 11 is 3.20. The highest BCUT2D eigenvalue weighted by molar-refractivity contribution is 9.10. The Balaban J connectivity index is 2.00. The molecule has 0 aromatic heterocycles. The lowest BCUT2D eigenvalue weighted by Gasteiger charge is -2.00. The fourth-order valence-corrected chi connectivity index (χ4v) is 1.82. The number of carbonyl (C=O) groups is 1. The molecule has 0 bridgehead atoms. The molecule has 2 aromatic rings. The molecule has 0 atom stereocenters. The molecule has 0 aliphatic rings. The Morgan fingerprint density at radius 3 is 2.63 bits per heavy atom. The molecule has 2 rings (SSSR count). The minimum absolute atomic E-state index is 0.158. The number of nitrogens with one attached hydrogen (secondary N) is 1. The van der Waals surface area contributed by atoms with Crippen LogP contribution in [0.15, 0.2) is 58.1 Å². The first-order valence-electron chi connectivity index (χ1n) is 5.54. The SMILES string of the molecule is O=C(N/N=C/c1ccc(O)c(Br)c1)c1ccccc1. The zero-order valence-electron chi connectivity index (χ0n) is 9.88. The van der Waals surface area contributed by atoms with Crippen molar-refractivity contribution >= 4 is 28.1 Å². The van der Waals surface area contributed by atoms with Crippen molar-refractivity contribution in [2.24, 2.45) is 5.10 Å². The Bertz CT molecular complexity index is 612. The van der Waals surface area contributed by atoms with Crippen molar-refractivity contribution in [2.45, 2.75) is 0 Å². The Labute approximate surface area is 118 Å². The molecule has 1 amide bonds. The molecule has 0 aliphatic carbocycles. The first kappa shape index (κ1) is 13.3. The lowest BCUT2D eigenvalue weighted by Crippen LogP contribution is -2.17. The van der Waals surface area contributed by atoms with Gasteiger partial charge in [0.25, 0.3) is 5.91 Å². The van der Waals surface area contributed by atoms with Crippen molar-refractivity contribution in [2.75, 3.05) is 0 Å². The molecule has 0 saturated heterocycles. The van der Waals surface area contributed by atoms with Gasteiger partial charge in [-0.15, -0.1) is 0 Å². The zero-order valence-corrected chi connectivity index (χ0v) is 11.5. The minimum Gasteiger partial charge on any atom is -0.507 e. The number of nitrogens with zero attached hydrogens (tertiary/aromatic N) is 1. The Hall–Kier alpha value is -2.14. The molecular weight excluding hydrogens is 308 g/mol. The Morgan fingerprint density at radius 1 is 1.21 bits per heavy atom. The van der Waals surface area contributed by atoms with Gasteiger partial charge in [-0.3, -0.25) is 4.79 Å². The van der Waals surface area contributed by atoms with Crippen molar-refractivity contribution in [3.05, 3.63) is 64.1 Å². The summed E-state index contributed by atoms with van der Waals surface area (Å²) in [6.07, 6.45) is 1.50. The standard InChI is InChI=1S/C14H11BrN2O2/c15-12-8-10(6-7-13(12)18)9-16-17-14(19)11-4-2-1-3-5-11/h1-9,18H,(H,17,19)/b16-9+. The van der Waals surface area contributed by atoms with E-state index in [2.05, 4.69) is 26.5 Å². The molecule has 0 spiro atoms. The molecule has 0 fully saturated rings. The summed E-state index contributed by atoms with van der Waals surface area (Å²) in [6.45, 7) is 0. The number of phenols is 1. The maximum atomic E-state index is 11.7. The van der Waals surface area contributed by atoms with Crippen molar-refractivity contribution in [3.8, 4) is 5.75 Å².